The second kappa shape index (κ2) is 4.07. The molecule has 0 unspecified atom stereocenters. The molecule has 3 heteroatoms. The van der Waals surface area contributed by atoms with Crippen molar-refractivity contribution in [1.29, 1.82) is 0 Å². The van der Waals surface area contributed by atoms with Gasteiger partial charge in [0, 0.05) is 19.8 Å². The Bertz CT molecular complexity index is 250. The minimum absolute atomic E-state index is 0.0765. The number of aliphatic hydroxyl groups excluding tert-OH is 1. The molecule has 0 saturated heterocycles. The van der Waals surface area contributed by atoms with Crippen molar-refractivity contribution in [1.82, 2.24) is 4.98 Å². The summed E-state index contributed by atoms with van der Waals surface area (Å²) in [5.74, 6) is 0.907. The Kier molecular flexibility index (Phi) is 3.05. The van der Waals surface area contributed by atoms with Crippen molar-refractivity contribution in [3.63, 3.8) is 0 Å². The van der Waals surface area contributed by atoms with Crippen LogP contribution >= 0.6 is 0 Å². The second-order valence-corrected chi connectivity index (χ2v) is 2.69. The lowest BCUT2D eigenvalue weighted by Crippen LogP contribution is -2.17. The fraction of sp³-hybridized carbons (Fsp3) is 0.444. The number of rotatable bonds is 3. The highest BCUT2D eigenvalue weighted by Gasteiger charge is 1.99. The van der Waals surface area contributed by atoms with Gasteiger partial charge < -0.3 is 10.0 Å². The van der Waals surface area contributed by atoms with Crippen molar-refractivity contribution < 1.29 is 5.11 Å². The third-order valence-corrected chi connectivity index (χ3v) is 1.86. The molecule has 0 radical (unpaired) electrons. The number of aliphatic hydroxyl groups is 1. The van der Waals surface area contributed by atoms with Crippen LogP contribution in [0.4, 0.5) is 5.82 Å². The molecule has 0 bridgehead atoms. The van der Waals surface area contributed by atoms with Gasteiger partial charge in [0.2, 0.25) is 0 Å². The molecule has 0 aliphatic carbocycles. The van der Waals surface area contributed by atoms with Gasteiger partial charge in [-0.1, -0.05) is 0 Å². The lowest BCUT2D eigenvalue weighted by Gasteiger charge is -2.15. The van der Waals surface area contributed by atoms with Crippen LogP contribution in [0, 0.1) is 0 Å². The van der Waals surface area contributed by atoms with Gasteiger partial charge in [0.25, 0.3) is 0 Å². The molecule has 3 nitrogen and oxygen atoms in total. The molecule has 1 N–H and O–H groups in total. The van der Waals surface area contributed by atoms with Gasteiger partial charge in [-0.15, -0.1) is 0 Å². The summed E-state index contributed by atoms with van der Waals surface area (Å²) in [6.45, 7) is 3.06. The fourth-order valence-electron chi connectivity index (χ4n) is 0.930. The summed E-state index contributed by atoms with van der Waals surface area (Å²) in [4.78, 5) is 6.20. The van der Waals surface area contributed by atoms with Crippen LogP contribution < -0.4 is 4.90 Å². The van der Waals surface area contributed by atoms with E-state index in [1.165, 1.54) is 0 Å². The summed E-state index contributed by atoms with van der Waals surface area (Å²) in [5.41, 5.74) is 0.903. The Labute approximate surface area is 72.7 Å². The zero-order valence-electron chi connectivity index (χ0n) is 7.49. The third-order valence-electron chi connectivity index (χ3n) is 1.86. The monoisotopic (exact) mass is 166 g/mol. The fourth-order valence-corrected chi connectivity index (χ4v) is 0.930. The highest BCUT2D eigenvalue weighted by molar-refractivity contribution is 5.39. The molecule has 1 heterocycles. The van der Waals surface area contributed by atoms with Crippen molar-refractivity contribution in [3.05, 3.63) is 23.9 Å². The molecular weight excluding hydrogens is 152 g/mol. The number of hydrogen-bond donors (Lipinski definition) is 1. The second-order valence-electron chi connectivity index (χ2n) is 2.69. The predicted octanol–water partition coefficient (Wildman–Crippen LogP) is 1.03. The zero-order chi connectivity index (χ0) is 8.97. The number of hydrogen-bond acceptors (Lipinski definition) is 3. The first kappa shape index (κ1) is 9.00. The van der Waals surface area contributed by atoms with Crippen molar-refractivity contribution in [2.24, 2.45) is 0 Å². The average Bonchev–Trinajstić information content (AvgIpc) is 2.17. The molecule has 0 aromatic carbocycles. The van der Waals surface area contributed by atoms with E-state index in [9.17, 15) is 0 Å². The van der Waals surface area contributed by atoms with Crippen molar-refractivity contribution in [2.45, 2.75) is 13.5 Å². The van der Waals surface area contributed by atoms with Crippen molar-refractivity contribution in [3.8, 4) is 0 Å². The van der Waals surface area contributed by atoms with Crippen LogP contribution in [0.15, 0.2) is 18.3 Å². The summed E-state index contributed by atoms with van der Waals surface area (Å²) in [6.07, 6.45) is 1.72. The van der Waals surface area contributed by atoms with Gasteiger partial charge in [-0.2, -0.15) is 0 Å². The molecule has 66 valence electrons. The maximum Gasteiger partial charge on any atom is 0.128 e. The minimum atomic E-state index is 0.0765. The van der Waals surface area contributed by atoms with Gasteiger partial charge in [0.05, 0.1) is 6.61 Å². The first-order chi connectivity index (χ1) is 5.77. The predicted molar refractivity (Wildman–Crippen MR) is 49.1 cm³/mol. The summed E-state index contributed by atoms with van der Waals surface area (Å²) in [6, 6.07) is 3.70. The molecule has 0 amide bonds. The lowest BCUT2D eigenvalue weighted by molar-refractivity contribution is 0.281. The van der Waals surface area contributed by atoms with Crippen LogP contribution in [0.2, 0.25) is 0 Å². The van der Waals surface area contributed by atoms with E-state index in [2.05, 4.69) is 11.9 Å². The van der Waals surface area contributed by atoms with Crippen LogP contribution in [-0.2, 0) is 6.61 Å². The minimum Gasteiger partial charge on any atom is -0.392 e. The smallest absolute Gasteiger partial charge is 0.128 e. The SMILES string of the molecule is CCN(C)c1cc(CO)ccn1. The van der Waals surface area contributed by atoms with Crippen molar-refractivity contribution in [2.75, 3.05) is 18.5 Å². The molecular formula is C9H14N2O. The zero-order valence-corrected chi connectivity index (χ0v) is 7.49. The quantitative estimate of drug-likeness (QED) is 0.728. The van der Waals surface area contributed by atoms with Gasteiger partial charge in [0.15, 0.2) is 0 Å². The Balaban J connectivity index is 2.86. The van der Waals surface area contributed by atoms with E-state index in [0.717, 1.165) is 17.9 Å². The molecule has 1 rings (SSSR count). The van der Waals surface area contributed by atoms with Crippen LogP contribution in [-0.4, -0.2) is 23.7 Å². The highest BCUT2D eigenvalue weighted by Crippen LogP contribution is 2.10. The van der Waals surface area contributed by atoms with Gasteiger partial charge in [0.1, 0.15) is 5.82 Å². The molecule has 12 heavy (non-hydrogen) atoms. The molecule has 0 aliphatic rings. The Hall–Kier alpha value is -1.09. The van der Waals surface area contributed by atoms with E-state index in [1.54, 1.807) is 6.20 Å². The summed E-state index contributed by atoms with van der Waals surface area (Å²) < 4.78 is 0. The van der Waals surface area contributed by atoms with E-state index >= 15 is 0 Å². The third kappa shape index (κ3) is 1.95. The molecule has 0 fully saturated rings. The Morgan fingerprint density at radius 1 is 1.58 bits per heavy atom. The van der Waals surface area contributed by atoms with E-state index in [4.69, 9.17) is 5.11 Å². The van der Waals surface area contributed by atoms with Gasteiger partial charge in [-0.25, -0.2) is 4.98 Å². The van der Waals surface area contributed by atoms with Crippen LogP contribution in [0.25, 0.3) is 0 Å². The average molecular weight is 166 g/mol. The first-order valence-corrected chi connectivity index (χ1v) is 4.05. The van der Waals surface area contributed by atoms with Crippen LogP contribution in [0.5, 0.6) is 0 Å². The summed E-state index contributed by atoms with van der Waals surface area (Å²) >= 11 is 0. The summed E-state index contributed by atoms with van der Waals surface area (Å²) in [5, 5.41) is 8.87. The molecule has 0 saturated carbocycles. The van der Waals surface area contributed by atoms with E-state index < -0.39 is 0 Å². The molecule has 0 aliphatic heterocycles. The van der Waals surface area contributed by atoms with E-state index in [1.807, 2.05) is 24.1 Å². The molecule has 0 atom stereocenters. The first-order valence-electron chi connectivity index (χ1n) is 4.05. The van der Waals surface area contributed by atoms with E-state index in [-0.39, 0.29) is 6.61 Å². The molecule has 0 spiro atoms. The standard InChI is InChI=1S/C9H14N2O/c1-3-11(2)9-6-8(7-12)4-5-10-9/h4-6,12H,3,7H2,1-2H3. The van der Waals surface area contributed by atoms with E-state index in [0.29, 0.717) is 0 Å². The Morgan fingerprint density at radius 2 is 2.33 bits per heavy atom. The summed E-state index contributed by atoms with van der Waals surface area (Å²) in [7, 11) is 1.98. The van der Waals surface area contributed by atoms with Gasteiger partial charge >= 0.3 is 0 Å². The highest BCUT2D eigenvalue weighted by atomic mass is 16.3. The van der Waals surface area contributed by atoms with Crippen molar-refractivity contribution >= 4 is 5.82 Å². The maximum atomic E-state index is 8.87. The number of anilines is 1. The number of aromatic nitrogens is 1. The lowest BCUT2D eigenvalue weighted by atomic mass is 10.3. The molecule has 1 aromatic rings. The molecule has 1 aromatic heterocycles. The number of nitrogens with zero attached hydrogens (tertiary/aromatic N) is 2. The largest absolute Gasteiger partial charge is 0.392 e. The number of pyridine rings is 1. The van der Waals surface area contributed by atoms with Crippen LogP contribution in [0.1, 0.15) is 12.5 Å². The normalized spacial score (nSPS) is 9.92. The Morgan fingerprint density at radius 3 is 2.92 bits per heavy atom. The topological polar surface area (TPSA) is 36.4 Å². The van der Waals surface area contributed by atoms with Gasteiger partial charge in [-0.3, -0.25) is 0 Å². The van der Waals surface area contributed by atoms with Crippen LogP contribution in [0.3, 0.4) is 0 Å². The van der Waals surface area contributed by atoms with Gasteiger partial charge in [-0.05, 0) is 24.6 Å². The maximum absolute atomic E-state index is 8.87.